The summed E-state index contributed by atoms with van der Waals surface area (Å²) in [5.41, 5.74) is 0.0354. The van der Waals surface area contributed by atoms with Gasteiger partial charge in [-0.2, -0.15) is 13.2 Å². The molecule has 0 radical (unpaired) electrons. The smallest absolute Gasteiger partial charge is 0.166 e. The Morgan fingerprint density at radius 2 is 1.87 bits per heavy atom. The second kappa shape index (κ2) is 3.96. The van der Waals surface area contributed by atoms with E-state index in [-0.39, 0.29) is 5.92 Å². The number of rotatable bonds is 1. The van der Waals surface area contributed by atoms with Crippen molar-refractivity contribution in [1.29, 1.82) is 0 Å². The third-order valence-corrected chi connectivity index (χ3v) is 3.54. The van der Waals surface area contributed by atoms with Crippen LogP contribution in [0, 0.1) is 3.57 Å². The summed E-state index contributed by atoms with van der Waals surface area (Å²) in [6, 6.07) is 4.40. The predicted octanol–water partition coefficient (Wildman–Crippen LogP) is 4.58. The van der Waals surface area contributed by atoms with Crippen LogP contribution in [0.3, 0.4) is 0 Å². The van der Waals surface area contributed by atoms with Crippen LogP contribution in [-0.4, -0.2) is 0 Å². The molecule has 0 aromatic heterocycles. The van der Waals surface area contributed by atoms with Crippen LogP contribution in [0.2, 0.25) is 0 Å². The van der Waals surface area contributed by atoms with E-state index in [9.17, 15) is 13.2 Å². The van der Waals surface area contributed by atoms with E-state index >= 15 is 0 Å². The number of benzene rings is 1. The van der Waals surface area contributed by atoms with Crippen LogP contribution in [0.1, 0.15) is 36.3 Å². The van der Waals surface area contributed by atoms with Gasteiger partial charge in [-0.05, 0) is 65.1 Å². The monoisotopic (exact) mass is 326 g/mol. The summed E-state index contributed by atoms with van der Waals surface area (Å²) in [7, 11) is 0. The Hall–Kier alpha value is -0.260. The summed E-state index contributed by atoms with van der Waals surface area (Å²) in [5, 5.41) is 0. The van der Waals surface area contributed by atoms with Gasteiger partial charge in [-0.1, -0.05) is 6.42 Å². The third-order valence-electron chi connectivity index (χ3n) is 2.86. The minimum absolute atomic E-state index is 0.122. The second-order valence-electron chi connectivity index (χ2n) is 3.86. The molecule has 4 heteroatoms. The van der Waals surface area contributed by atoms with Crippen LogP contribution in [0.5, 0.6) is 0 Å². The number of alkyl halides is 3. The molecule has 0 aliphatic heterocycles. The van der Waals surface area contributed by atoms with Gasteiger partial charge in [0.25, 0.3) is 0 Å². The molecule has 82 valence electrons. The molecule has 0 heterocycles. The normalized spacial score (nSPS) is 17.6. The molecule has 0 spiro atoms. The van der Waals surface area contributed by atoms with Crippen LogP contribution < -0.4 is 0 Å². The Labute approximate surface area is 100 Å². The highest BCUT2D eigenvalue weighted by Gasteiger charge is 2.36. The van der Waals surface area contributed by atoms with Crippen LogP contribution in [0.4, 0.5) is 13.2 Å². The van der Waals surface area contributed by atoms with E-state index in [2.05, 4.69) is 22.6 Å². The van der Waals surface area contributed by atoms with E-state index in [0.717, 1.165) is 22.8 Å². The lowest BCUT2D eigenvalue weighted by Gasteiger charge is -2.28. The highest BCUT2D eigenvalue weighted by atomic mass is 127. The van der Waals surface area contributed by atoms with Gasteiger partial charge >= 0.3 is 6.18 Å². The lowest BCUT2D eigenvalue weighted by Crippen LogP contribution is -2.16. The van der Waals surface area contributed by atoms with E-state index in [4.69, 9.17) is 0 Å². The molecule has 1 aliphatic rings. The van der Waals surface area contributed by atoms with Crippen molar-refractivity contribution in [3.8, 4) is 0 Å². The fraction of sp³-hybridized carbons (Fsp3) is 0.455. The first kappa shape index (κ1) is 11.2. The zero-order valence-electron chi connectivity index (χ0n) is 7.94. The number of halogens is 4. The van der Waals surface area contributed by atoms with Gasteiger partial charge in [0.2, 0.25) is 0 Å². The Bertz CT molecular complexity index is 367. The summed E-state index contributed by atoms with van der Waals surface area (Å²) < 4.78 is 39.0. The summed E-state index contributed by atoms with van der Waals surface area (Å²) in [5.74, 6) is 0.122. The van der Waals surface area contributed by atoms with Gasteiger partial charge in [-0.15, -0.1) is 0 Å². The first-order chi connectivity index (χ1) is 6.98. The minimum Gasteiger partial charge on any atom is -0.166 e. The Morgan fingerprint density at radius 3 is 2.33 bits per heavy atom. The van der Waals surface area contributed by atoms with E-state index in [0.29, 0.717) is 5.56 Å². The van der Waals surface area contributed by atoms with Crippen molar-refractivity contribution in [1.82, 2.24) is 0 Å². The van der Waals surface area contributed by atoms with E-state index in [1.54, 1.807) is 6.07 Å². The maximum atomic E-state index is 12.7. The van der Waals surface area contributed by atoms with E-state index < -0.39 is 11.7 Å². The quantitative estimate of drug-likeness (QED) is 0.663. The number of hydrogen-bond acceptors (Lipinski definition) is 0. The van der Waals surface area contributed by atoms with Crippen LogP contribution >= 0.6 is 22.6 Å². The molecule has 1 aromatic carbocycles. The van der Waals surface area contributed by atoms with Gasteiger partial charge < -0.3 is 0 Å². The Kier molecular flexibility index (Phi) is 2.96. The van der Waals surface area contributed by atoms with Crippen LogP contribution in [0.15, 0.2) is 18.2 Å². The average Bonchev–Trinajstić information content (AvgIpc) is 1.98. The van der Waals surface area contributed by atoms with Crippen molar-refractivity contribution in [3.63, 3.8) is 0 Å². The summed E-state index contributed by atoms with van der Waals surface area (Å²) in [6.45, 7) is 0. The Morgan fingerprint density at radius 1 is 1.20 bits per heavy atom. The zero-order valence-corrected chi connectivity index (χ0v) is 10.1. The van der Waals surface area contributed by atoms with Gasteiger partial charge in [-0.3, -0.25) is 0 Å². The molecule has 0 bridgehead atoms. The standard InChI is InChI=1S/C11H10F3I/c12-11(13,14)10-5-4-8(15)6-9(10)7-2-1-3-7/h4-7H,1-3H2. The van der Waals surface area contributed by atoms with Crippen LogP contribution in [0.25, 0.3) is 0 Å². The van der Waals surface area contributed by atoms with Crippen molar-refractivity contribution in [3.05, 3.63) is 32.9 Å². The topological polar surface area (TPSA) is 0 Å². The first-order valence-corrected chi connectivity index (χ1v) is 5.93. The van der Waals surface area contributed by atoms with Crippen molar-refractivity contribution >= 4 is 22.6 Å². The van der Waals surface area contributed by atoms with Crippen molar-refractivity contribution in [2.75, 3.05) is 0 Å². The van der Waals surface area contributed by atoms with Gasteiger partial charge in [-0.25, -0.2) is 0 Å². The largest absolute Gasteiger partial charge is 0.416 e. The highest BCUT2D eigenvalue weighted by molar-refractivity contribution is 14.1. The fourth-order valence-electron chi connectivity index (χ4n) is 1.85. The fourth-order valence-corrected chi connectivity index (χ4v) is 2.36. The van der Waals surface area contributed by atoms with Gasteiger partial charge in [0, 0.05) is 3.57 Å². The summed E-state index contributed by atoms with van der Waals surface area (Å²) >= 11 is 2.06. The van der Waals surface area contributed by atoms with Crippen molar-refractivity contribution < 1.29 is 13.2 Å². The molecular formula is C11H10F3I. The molecule has 1 aliphatic carbocycles. The predicted molar refractivity (Wildman–Crippen MR) is 60.8 cm³/mol. The molecule has 0 nitrogen and oxygen atoms in total. The van der Waals surface area contributed by atoms with E-state index in [1.165, 1.54) is 12.1 Å². The molecule has 0 N–H and O–H groups in total. The average molecular weight is 326 g/mol. The van der Waals surface area contributed by atoms with E-state index in [1.807, 2.05) is 0 Å². The lowest BCUT2D eigenvalue weighted by molar-refractivity contribution is -0.138. The SMILES string of the molecule is FC(F)(F)c1ccc(I)cc1C1CCC1. The molecule has 1 aromatic rings. The van der Waals surface area contributed by atoms with Crippen molar-refractivity contribution in [2.24, 2.45) is 0 Å². The summed E-state index contributed by atoms with van der Waals surface area (Å²) in [6.07, 6.45) is -1.38. The molecular weight excluding hydrogens is 316 g/mol. The maximum Gasteiger partial charge on any atom is 0.416 e. The van der Waals surface area contributed by atoms with Gasteiger partial charge in [0.05, 0.1) is 5.56 Å². The molecule has 1 fully saturated rings. The molecule has 0 unspecified atom stereocenters. The molecule has 2 rings (SSSR count). The Balaban J connectivity index is 2.44. The van der Waals surface area contributed by atoms with Crippen molar-refractivity contribution in [2.45, 2.75) is 31.4 Å². The van der Waals surface area contributed by atoms with Gasteiger partial charge in [0.1, 0.15) is 0 Å². The molecule has 0 amide bonds. The molecule has 0 atom stereocenters. The number of hydrogen-bond donors (Lipinski definition) is 0. The third kappa shape index (κ3) is 2.29. The first-order valence-electron chi connectivity index (χ1n) is 4.85. The molecule has 0 saturated heterocycles. The lowest BCUT2D eigenvalue weighted by atomic mass is 9.78. The maximum absolute atomic E-state index is 12.7. The van der Waals surface area contributed by atoms with Crippen LogP contribution in [-0.2, 0) is 6.18 Å². The second-order valence-corrected chi connectivity index (χ2v) is 5.10. The molecule has 1 saturated carbocycles. The molecule has 15 heavy (non-hydrogen) atoms. The highest BCUT2D eigenvalue weighted by Crippen LogP contribution is 2.43. The minimum atomic E-state index is -4.21. The summed E-state index contributed by atoms with van der Waals surface area (Å²) in [4.78, 5) is 0. The zero-order chi connectivity index (χ0) is 11.1. The van der Waals surface area contributed by atoms with Gasteiger partial charge in [0.15, 0.2) is 0 Å².